The van der Waals surface area contributed by atoms with Crippen LogP contribution in [0.3, 0.4) is 0 Å². The Balaban J connectivity index is 2.02. The summed E-state index contributed by atoms with van der Waals surface area (Å²) in [6.07, 6.45) is 4.25. The van der Waals surface area contributed by atoms with E-state index in [1.54, 1.807) is 12.4 Å². The number of nitrogens with zero attached hydrogens (tertiary/aromatic N) is 2. The van der Waals surface area contributed by atoms with E-state index in [-0.39, 0.29) is 5.41 Å². The molecule has 1 aliphatic heterocycles. The van der Waals surface area contributed by atoms with Crippen LogP contribution < -0.4 is 5.32 Å². The van der Waals surface area contributed by atoms with Gasteiger partial charge in [-0.25, -0.2) is 0 Å². The fourth-order valence-corrected chi connectivity index (χ4v) is 2.79. The van der Waals surface area contributed by atoms with Crippen LogP contribution in [0.2, 0.25) is 0 Å². The number of rotatable bonds is 2. The standard InChI is InChI=1S/C10H11N3O2/c14-9(15)8-10(3-7(10)4-11-8)6-1-2-12-13-5-6/h1-2,5,7-8,11H,3-4H2,(H,14,15). The third-order valence-corrected chi connectivity index (χ3v) is 3.60. The van der Waals surface area contributed by atoms with E-state index in [0.29, 0.717) is 5.92 Å². The Hall–Kier alpha value is -1.49. The fraction of sp³-hybridized carbons (Fsp3) is 0.500. The minimum Gasteiger partial charge on any atom is -0.480 e. The van der Waals surface area contributed by atoms with E-state index < -0.39 is 12.0 Å². The Morgan fingerprint density at radius 1 is 1.60 bits per heavy atom. The Kier molecular flexibility index (Phi) is 1.62. The van der Waals surface area contributed by atoms with Crippen LogP contribution in [0.15, 0.2) is 18.5 Å². The molecule has 3 rings (SSSR count). The number of aromatic nitrogens is 2. The molecule has 0 bridgehead atoms. The van der Waals surface area contributed by atoms with Crippen molar-refractivity contribution in [3.8, 4) is 0 Å². The van der Waals surface area contributed by atoms with Crippen molar-refractivity contribution in [2.24, 2.45) is 5.92 Å². The first-order chi connectivity index (χ1) is 7.25. The van der Waals surface area contributed by atoms with Gasteiger partial charge in [0.2, 0.25) is 0 Å². The molecule has 0 spiro atoms. The Morgan fingerprint density at radius 3 is 3.07 bits per heavy atom. The lowest BCUT2D eigenvalue weighted by molar-refractivity contribution is -0.139. The maximum atomic E-state index is 11.1. The predicted molar refractivity (Wildman–Crippen MR) is 51.2 cm³/mol. The highest BCUT2D eigenvalue weighted by Gasteiger charge is 2.66. The monoisotopic (exact) mass is 205 g/mol. The van der Waals surface area contributed by atoms with Gasteiger partial charge in [0.25, 0.3) is 0 Å². The topological polar surface area (TPSA) is 75.1 Å². The van der Waals surface area contributed by atoms with Crippen LogP contribution >= 0.6 is 0 Å². The number of aliphatic carboxylic acids is 1. The molecule has 1 aromatic heterocycles. The fourth-order valence-electron chi connectivity index (χ4n) is 2.79. The second-order valence-electron chi connectivity index (χ2n) is 4.25. The molecular weight excluding hydrogens is 194 g/mol. The van der Waals surface area contributed by atoms with Crippen LogP contribution in [0.5, 0.6) is 0 Å². The van der Waals surface area contributed by atoms with Crippen LogP contribution in [0.4, 0.5) is 0 Å². The summed E-state index contributed by atoms with van der Waals surface area (Å²) < 4.78 is 0. The van der Waals surface area contributed by atoms with Gasteiger partial charge in [0.15, 0.2) is 0 Å². The van der Waals surface area contributed by atoms with Crippen molar-refractivity contribution in [2.45, 2.75) is 17.9 Å². The van der Waals surface area contributed by atoms with Crippen LogP contribution in [0.25, 0.3) is 0 Å². The van der Waals surface area contributed by atoms with E-state index in [0.717, 1.165) is 18.5 Å². The molecule has 2 fully saturated rings. The molecule has 1 aromatic rings. The van der Waals surface area contributed by atoms with Crippen molar-refractivity contribution in [1.29, 1.82) is 0 Å². The summed E-state index contributed by atoms with van der Waals surface area (Å²) >= 11 is 0. The van der Waals surface area contributed by atoms with E-state index in [1.807, 2.05) is 6.07 Å². The van der Waals surface area contributed by atoms with Crippen molar-refractivity contribution < 1.29 is 9.90 Å². The molecule has 0 aromatic carbocycles. The molecule has 3 unspecified atom stereocenters. The lowest BCUT2D eigenvalue weighted by atomic mass is 9.89. The average Bonchev–Trinajstić information content (AvgIpc) is 2.86. The smallest absolute Gasteiger partial charge is 0.321 e. The first-order valence-electron chi connectivity index (χ1n) is 4.98. The lowest BCUT2D eigenvalue weighted by Crippen LogP contribution is -2.41. The van der Waals surface area contributed by atoms with Gasteiger partial charge in [0, 0.05) is 11.6 Å². The van der Waals surface area contributed by atoms with Crippen molar-refractivity contribution >= 4 is 5.97 Å². The van der Waals surface area contributed by atoms with Crippen LogP contribution in [-0.2, 0) is 10.2 Å². The van der Waals surface area contributed by atoms with E-state index in [2.05, 4.69) is 15.5 Å². The minimum absolute atomic E-state index is 0.220. The van der Waals surface area contributed by atoms with Crippen molar-refractivity contribution in [3.63, 3.8) is 0 Å². The summed E-state index contributed by atoms with van der Waals surface area (Å²) in [5, 5.41) is 19.7. The molecule has 2 N–H and O–H groups in total. The lowest BCUT2D eigenvalue weighted by Gasteiger charge is -2.19. The highest BCUT2D eigenvalue weighted by Crippen LogP contribution is 2.59. The molecule has 78 valence electrons. The van der Waals surface area contributed by atoms with Gasteiger partial charge >= 0.3 is 5.97 Å². The van der Waals surface area contributed by atoms with Gasteiger partial charge in [-0.2, -0.15) is 10.2 Å². The second-order valence-corrected chi connectivity index (χ2v) is 4.25. The summed E-state index contributed by atoms with van der Waals surface area (Å²) in [7, 11) is 0. The predicted octanol–water partition coefficient (Wildman–Crippen LogP) is -0.209. The van der Waals surface area contributed by atoms with Crippen molar-refractivity contribution in [1.82, 2.24) is 15.5 Å². The van der Waals surface area contributed by atoms with Gasteiger partial charge in [-0.15, -0.1) is 0 Å². The van der Waals surface area contributed by atoms with Gasteiger partial charge in [0.05, 0.1) is 6.20 Å². The summed E-state index contributed by atoms with van der Waals surface area (Å²) in [5.41, 5.74) is 0.779. The molecule has 1 saturated heterocycles. The number of fused-ring (bicyclic) bond motifs is 1. The number of carbonyl (C=O) groups is 1. The number of carboxylic acids is 1. The average molecular weight is 205 g/mol. The van der Waals surface area contributed by atoms with Crippen molar-refractivity contribution in [2.75, 3.05) is 6.54 Å². The van der Waals surface area contributed by atoms with Gasteiger partial charge in [0.1, 0.15) is 6.04 Å². The Morgan fingerprint density at radius 2 is 2.47 bits per heavy atom. The first kappa shape index (κ1) is 8.79. The summed E-state index contributed by atoms with van der Waals surface area (Å²) in [6.45, 7) is 0.791. The largest absolute Gasteiger partial charge is 0.480 e. The Labute approximate surface area is 86.5 Å². The third-order valence-electron chi connectivity index (χ3n) is 3.60. The SMILES string of the molecule is O=C(O)C1NCC2CC21c1ccnnc1. The summed E-state index contributed by atoms with van der Waals surface area (Å²) in [6, 6.07) is 1.40. The van der Waals surface area contributed by atoms with Crippen molar-refractivity contribution in [3.05, 3.63) is 24.0 Å². The summed E-state index contributed by atoms with van der Waals surface area (Å²) in [4.78, 5) is 11.1. The van der Waals surface area contributed by atoms with E-state index in [1.165, 1.54) is 0 Å². The molecule has 1 saturated carbocycles. The second kappa shape index (κ2) is 2.76. The molecule has 3 atom stereocenters. The maximum absolute atomic E-state index is 11.1. The molecule has 5 nitrogen and oxygen atoms in total. The van der Waals surface area contributed by atoms with Crippen LogP contribution in [-0.4, -0.2) is 33.9 Å². The van der Waals surface area contributed by atoms with Gasteiger partial charge < -0.3 is 10.4 Å². The molecule has 2 aliphatic rings. The molecule has 0 radical (unpaired) electrons. The highest BCUT2D eigenvalue weighted by atomic mass is 16.4. The van der Waals surface area contributed by atoms with Gasteiger partial charge in [-0.3, -0.25) is 4.79 Å². The number of nitrogens with one attached hydrogen (secondary N) is 1. The van der Waals surface area contributed by atoms with E-state index >= 15 is 0 Å². The zero-order valence-corrected chi connectivity index (χ0v) is 8.05. The molecule has 15 heavy (non-hydrogen) atoms. The minimum atomic E-state index is -0.771. The zero-order valence-electron chi connectivity index (χ0n) is 8.05. The molecule has 5 heteroatoms. The number of piperidine rings is 1. The maximum Gasteiger partial charge on any atom is 0.321 e. The summed E-state index contributed by atoms with van der Waals surface area (Å²) in [5.74, 6) is -0.324. The molecule has 1 aliphatic carbocycles. The van der Waals surface area contributed by atoms with E-state index in [9.17, 15) is 4.79 Å². The molecule has 0 amide bonds. The number of hydrogen-bond acceptors (Lipinski definition) is 4. The molecule has 2 heterocycles. The van der Waals surface area contributed by atoms with E-state index in [4.69, 9.17) is 5.11 Å². The van der Waals surface area contributed by atoms with Gasteiger partial charge in [-0.1, -0.05) is 0 Å². The Bertz CT molecular complexity index is 408. The van der Waals surface area contributed by atoms with Crippen LogP contribution in [0.1, 0.15) is 12.0 Å². The quantitative estimate of drug-likeness (QED) is 0.698. The highest BCUT2D eigenvalue weighted by molar-refractivity contribution is 5.78. The number of hydrogen-bond donors (Lipinski definition) is 2. The normalized spacial score (nSPS) is 37.3. The van der Waals surface area contributed by atoms with Gasteiger partial charge in [-0.05, 0) is 30.5 Å². The number of carboxylic acid groups (broad SMARTS) is 1. The third kappa shape index (κ3) is 1.04. The van der Waals surface area contributed by atoms with Crippen LogP contribution in [0, 0.1) is 5.92 Å². The molecular formula is C10H11N3O2. The zero-order chi connectivity index (χ0) is 10.5. The first-order valence-corrected chi connectivity index (χ1v) is 4.98.